The number of hydrogen-bond donors (Lipinski definition) is 0. The van der Waals surface area contributed by atoms with Crippen molar-refractivity contribution in [3.8, 4) is 22.5 Å². The van der Waals surface area contributed by atoms with Gasteiger partial charge in [0.05, 0.1) is 22.4 Å². The van der Waals surface area contributed by atoms with E-state index in [0.29, 0.717) is 10.9 Å². The zero-order valence-corrected chi connectivity index (χ0v) is 16.6. The third-order valence-corrected chi connectivity index (χ3v) is 5.60. The second-order valence-electron chi connectivity index (χ2n) is 7.49. The van der Waals surface area contributed by atoms with Crippen LogP contribution >= 0.6 is 0 Å². The molecule has 6 aromatic rings. The van der Waals surface area contributed by atoms with E-state index < -0.39 is 0 Å². The van der Waals surface area contributed by atoms with E-state index >= 15 is 0 Å². The van der Waals surface area contributed by atoms with Crippen molar-refractivity contribution in [2.75, 3.05) is 0 Å². The van der Waals surface area contributed by atoms with E-state index in [-0.39, 0.29) is 5.56 Å². The molecule has 0 aliphatic heterocycles. The van der Waals surface area contributed by atoms with Crippen LogP contribution in [0, 0.1) is 0 Å². The Balaban J connectivity index is 1.76. The van der Waals surface area contributed by atoms with E-state index in [2.05, 4.69) is 0 Å². The van der Waals surface area contributed by atoms with Crippen LogP contribution in [0.3, 0.4) is 0 Å². The van der Waals surface area contributed by atoms with Gasteiger partial charge in [0, 0.05) is 22.7 Å². The smallest absolute Gasteiger partial charge is 0.263 e. The molecule has 3 heterocycles. The number of rotatable bonds is 2. The second kappa shape index (κ2) is 6.89. The molecule has 4 heteroatoms. The van der Waals surface area contributed by atoms with Crippen molar-refractivity contribution in [3.05, 3.63) is 114 Å². The molecule has 6 rings (SSSR count). The molecule has 146 valence electrons. The quantitative estimate of drug-likeness (QED) is 0.276. The highest BCUT2D eigenvalue weighted by atomic mass is 16.1. The largest absolute Gasteiger partial charge is 0.281 e. The van der Waals surface area contributed by atoms with E-state index in [9.17, 15) is 4.79 Å². The van der Waals surface area contributed by atoms with Gasteiger partial charge in [0.25, 0.3) is 5.56 Å². The fraction of sp³-hybridized carbons (Fsp3) is 0. The Morgan fingerprint density at radius 3 is 1.97 bits per heavy atom. The molecule has 0 radical (unpaired) electrons. The van der Waals surface area contributed by atoms with Crippen LogP contribution in [0.1, 0.15) is 0 Å². The van der Waals surface area contributed by atoms with Crippen molar-refractivity contribution in [2.24, 2.45) is 0 Å². The number of fused-ring (bicyclic) bond motifs is 4. The van der Waals surface area contributed by atoms with E-state index in [1.165, 1.54) is 0 Å². The summed E-state index contributed by atoms with van der Waals surface area (Å²) < 4.78 is 1.66. The lowest BCUT2D eigenvalue weighted by Crippen LogP contribution is -2.14. The Hall–Kier alpha value is -4.31. The summed E-state index contributed by atoms with van der Waals surface area (Å²) in [4.78, 5) is 23.2. The molecule has 3 aromatic carbocycles. The maximum absolute atomic E-state index is 13.1. The van der Waals surface area contributed by atoms with Gasteiger partial charge < -0.3 is 0 Å². The standard InChI is InChI=1S/C27H17N3O/c31-27-21-14-8-7-13-20(21)17-23-26-22(15-16-30(23)27)28-24(18-9-3-1-4-10-18)25(29-26)19-11-5-2-6-12-19/h1-17H. The van der Waals surface area contributed by atoms with Gasteiger partial charge in [-0.2, -0.15) is 0 Å². The lowest BCUT2D eigenvalue weighted by Gasteiger charge is -2.13. The predicted molar refractivity (Wildman–Crippen MR) is 125 cm³/mol. The van der Waals surface area contributed by atoms with Crippen LogP contribution in [-0.2, 0) is 0 Å². The molecule has 0 N–H and O–H groups in total. The monoisotopic (exact) mass is 399 g/mol. The minimum absolute atomic E-state index is 0.0507. The van der Waals surface area contributed by atoms with E-state index in [0.717, 1.165) is 38.9 Å². The molecule has 0 fully saturated rings. The topological polar surface area (TPSA) is 47.3 Å². The Labute approximate surface area is 178 Å². The van der Waals surface area contributed by atoms with E-state index in [1.54, 1.807) is 10.6 Å². The normalized spacial score (nSPS) is 11.4. The molecule has 0 bridgehead atoms. The van der Waals surface area contributed by atoms with Gasteiger partial charge in [-0.15, -0.1) is 0 Å². The first-order chi connectivity index (χ1) is 15.3. The van der Waals surface area contributed by atoms with Crippen LogP contribution in [0.5, 0.6) is 0 Å². The first kappa shape index (κ1) is 17.5. The van der Waals surface area contributed by atoms with Crippen molar-refractivity contribution in [2.45, 2.75) is 0 Å². The molecule has 0 saturated heterocycles. The molecule has 0 atom stereocenters. The first-order valence-corrected chi connectivity index (χ1v) is 10.2. The van der Waals surface area contributed by atoms with Crippen LogP contribution in [0.15, 0.2) is 108 Å². The molecular formula is C27H17N3O. The van der Waals surface area contributed by atoms with Crippen LogP contribution in [0.4, 0.5) is 0 Å². The van der Waals surface area contributed by atoms with Crippen LogP contribution < -0.4 is 5.56 Å². The molecule has 31 heavy (non-hydrogen) atoms. The van der Waals surface area contributed by atoms with E-state index in [4.69, 9.17) is 9.97 Å². The third-order valence-electron chi connectivity index (χ3n) is 5.60. The average molecular weight is 399 g/mol. The molecule has 0 saturated carbocycles. The zero-order chi connectivity index (χ0) is 20.8. The highest BCUT2D eigenvalue weighted by Gasteiger charge is 2.15. The highest BCUT2D eigenvalue weighted by molar-refractivity contribution is 5.98. The molecule has 0 unspecified atom stereocenters. The summed E-state index contributed by atoms with van der Waals surface area (Å²) in [6, 6.07) is 31.7. The number of aromatic nitrogens is 3. The van der Waals surface area contributed by atoms with Crippen molar-refractivity contribution in [1.29, 1.82) is 0 Å². The fourth-order valence-electron chi connectivity index (χ4n) is 4.10. The fourth-order valence-corrected chi connectivity index (χ4v) is 4.10. The predicted octanol–water partition coefficient (Wildman–Crippen LogP) is 5.73. The van der Waals surface area contributed by atoms with Gasteiger partial charge in [0.2, 0.25) is 0 Å². The van der Waals surface area contributed by atoms with Gasteiger partial charge in [-0.3, -0.25) is 9.20 Å². The van der Waals surface area contributed by atoms with Gasteiger partial charge >= 0.3 is 0 Å². The van der Waals surface area contributed by atoms with Gasteiger partial charge in [-0.05, 0) is 23.6 Å². The molecule has 0 spiro atoms. The number of pyridine rings is 2. The zero-order valence-electron chi connectivity index (χ0n) is 16.6. The number of benzene rings is 3. The van der Waals surface area contributed by atoms with Crippen LogP contribution in [-0.4, -0.2) is 14.4 Å². The van der Waals surface area contributed by atoms with Gasteiger partial charge in [-0.25, -0.2) is 9.97 Å². The SMILES string of the molecule is O=c1c2ccccc2cc2c3nc(-c4ccccc4)c(-c4ccccc4)nc3ccn12. The van der Waals surface area contributed by atoms with Gasteiger partial charge in [0.15, 0.2) is 0 Å². The van der Waals surface area contributed by atoms with Crippen LogP contribution in [0.2, 0.25) is 0 Å². The van der Waals surface area contributed by atoms with Crippen molar-refractivity contribution >= 4 is 27.3 Å². The first-order valence-electron chi connectivity index (χ1n) is 10.2. The summed E-state index contributed by atoms with van der Waals surface area (Å²) in [6.07, 6.45) is 1.79. The Morgan fingerprint density at radius 1 is 0.645 bits per heavy atom. The number of nitrogens with zero attached hydrogens (tertiary/aromatic N) is 3. The second-order valence-corrected chi connectivity index (χ2v) is 7.49. The highest BCUT2D eigenvalue weighted by Crippen LogP contribution is 2.32. The minimum atomic E-state index is -0.0507. The van der Waals surface area contributed by atoms with Gasteiger partial charge in [-0.1, -0.05) is 78.9 Å². The Kier molecular flexibility index (Phi) is 3.90. The lowest BCUT2D eigenvalue weighted by atomic mass is 10.0. The van der Waals surface area contributed by atoms with Gasteiger partial charge in [0.1, 0.15) is 5.52 Å². The maximum Gasteiger partial charge on any atom is 0.263 e. The molecule has 0 aliphatic rings. The molecule has 0 aliphatic carbocycles. The molecule has 3 aromatic heterocycles. The Morgan fingerprint density at radius 2 is 1.26 bits per heavy atom. The van der Waals surface area contributed by atoms with Crippen LogP contribution in [0.25, 0.3) is 49.8 Å². The summed E-state index contributed by atoms with van der Waals surface area (Å²) in [5.41, 5.74) is 5.79. The summed E-state index contributed by atoms with van der Waals surface area (Å²) in [5.74, 6) is 0. The lowest BCUT2D eigenvalue weighted by molar-refractivity contribution is 1.12. The number of hydrogen-bond acceptors (Lipinski definition) is 3. The summed E-state index contributed by atoms with van der Waals surface area (Å²) in [7, 11) is 0. The minimum Gasteiger partial charge on any atom is -0.281 e. The summed E-state index contributed by atoms with van der Waals surface area (Å²) in [6.45, 7) is 0. The van der Waals surface area contributed by atoms with Crippen molar-refractivity contribution in [1.82, 2.24) is 14.4 Å². The van der Waals surface area contributed by atoms with Crippen molar-refractivity contribution in [3.63, 3.8) is 0 Å². The Bertz CT molecular complexity index is 1640. The molecule has 0 amide bonds. The average Bonchev–Trinajstić information content (AvgIpc) is 2.84. The molecule has 4 nitrogen and oxygen atoms in total. The summed E-state index contributed by atoms with van der Waals surface area (Å²) >= 11 is 0. The van der Waals surface area contributed by atoms with E-state index in [1.807, 2.05) is 97.1 Å². The maximum atomic E-state index is 13.1. The summed E-state index contributed by atoms with van der Waals surface area (Å²) in [5, 5.41) is 1.59. The van der Waals surface area contributed by atoms with Crippen molar-refractivity contribution < 1.29 is 0 Å². The third kappa shape index (κ3) is 2.81. The molecular weight excluding hydrogens is 382 g/mol.